The van der Waals surface area contributed by atoms with Crippen LogP contribution in [0.4, 0.5) is 5.69 Å². The molecule has 0 fully saturated rings. The van der Waals surface area contributed by atoms with Gasteiger partial charge in [-0.2, -0.15) is 0 Å². The predicted molar refractivity (Wildman–Crippen MR) is 265 cm³/mol. The average molecular weight is 1080 g/mol. The molecule has 0 aliphatic heterocycles. The number of rotatable bonds is 37. The molecule has 73 heavy (non-hydrogen) atoms. The number of pyridine rings is 1. The first-order valence-electron chi connectivity index (χ1n) is 23.1. The Kier molecular flexibility index (Phi) is 40.0. The number of aromatic nitrogens is 1. The van der Waals surface area contributed by atoms with E-state index in [2.05, 4.69) is 15.6 Å². The minimum absolute atomic E-state index is 0.0104. The van der Waals surface area contributed by atoms with Gasteiger partial charge in [0.25, 0.3) is 11.6 Å². The van der Waals surface area contributed by atoms with E-state index in [9.17, 15) is 39.2 Å². The van der Waals surface area contributed by atoms with Gasteiger partial charge in [0.05, 0.1) is 43.6 Å². The van der Waals surface area contributed by atoms with Crippen LogP contribution in [0.5, 0.6) is 0 Å². The van der Waals surface area contributed by atoms with E-state index < -0.39 is 54.1 Å². The lowest BCUT2D eigenvalue weighted by atomic mass is 10.1. The first kappa shape index (κ1) is 68.4. The minimum Gasteiger partial charge on any atom is -0.481 e. The lowest BCUT2D eigenvalue weighted by molar-refractivity contribution is -0.385. The normalized spacial score (nSPS) is 13.7. The molecule has 25 nitrogen and oxygen atoms in total. The average Bonchev–Trinajstić information content (AvgIpc) is 3.40. The Labute approximate surface area is 433 Å². The Bertz CT molecular complexity index is 1800. The maximum atomic E-state index is 12.5. The van der Waals surface area contributed by atoms with Gasteiger partial charge in [-0.15, -0.1) is 0 Å². The highest BCUT2D eigenvalue weighted by molar-refractivity contribution is 8.76. The molecule has 7 N–H and O–H groups in total. The molecule has 0 spiro atoms. The highest BCUT2D eigenvalue weighted by atomic mass is 33.1. The van der Waals surface area contributed by atoms with Crippen LogP contribution in [0.25, 0.3) is 0 Å². The molecule has 0 bridgehead atoms. The fraction of sp³-hybridized carbons (Fsp3) is 0.652. The summed E-state index contributed by atoms with van der Waals surface area (Å²) in [6, 6.07) is 10.2. The van der Waals surface area contributed by atoms with Gasteiger partial charge in [0.2, 0.25) is 5.91 Å². The number of hydrogen-bond acceptors (Lipinski definition) is 23. The van der Waals surface area contributed by atoms with Crippen molar-refractivity contribution in [2.24, 2.45) is 0 Å². The van der Waals surface area contributed by atoms with Crippen LogP contribution in [0.1, 0.15) is 93.3 Å². The fourth-order valence-corrected chi connectivity index (χ4v) is 7.32. The number of nitrogens with zero attached hydrogens (tertiary/aromatic N) is 2. The monoisotopic (exact) mass is 1080 g/mol. The molecule has 7 unspecified atom stereocenters. The summed E-state index contributed by atoms with van der Waals surface area (Å²) in [5, 5.41) is 60.7. The molecule has 0 saturated heterocycles. The molecule has 2 amide bonds. The predicted octanol–water partition coefficient (Wildman–Crippen LogP) is 3.29. The second kappa shape index (κ2) is 42.7. The number of aliphatic carboxylic acids is 1. The number of carbonyl (C=O) groups is 5. The van der Waals surface area contributed by atoms with Crippen LogP contribution >= 0.6 is 21.6 Å². The van der Waals surface area contributed by atoms with E-state index in [-0.39, 0.29) is 114 Å². The quantitative estimate of drug-likeness (QED) is 0.0127. The summed E-state index contributed by atoms with van der Waals surface area (Å²) >= 11 is 0. The molecule has 0 radical (unpaired) electrons. The SMILES string of the molecule is CCC(CO)OC(CO)OC.CCC(CO)OC(COC(=O)CCCC(=O)NCCNC(=O)c1ccc(C(C)SSc2ccc([N+](=O)[O-])cn2)cc1)OC.COC(CO)OC(COC(=O)CCCC(=O)O)OC. The highest BCUT2D eigenvalue weighted by Gasteiger charge is 2.19. The number of nitro groups is 1. The summed E-state index contributed by atoms with van der Waals surface area (Å²) in [6.45, 7) is 5.21. The van der Waals surface area contributed by atoms with E-state index in [0.717, 1.165) is 5.56 Å². The molecule has 7 atom stereocenters. The number of esters is 2. The van der Waals surface area contributed by atoms with Gasteiger partial charge in [-0.25, -0.2) is 4.98 Å². The van der Waals surface area contributed by atoms with Crippen LogP contribution in [-0.4, -0.2) is 184 Å². The van der Waals surface area contributed by atoms with E-state index in [1.54, 1.807) is 29.0 Å². The first-order valence-corrected chi connectivity index (χ1v) is 25.3. The first-order chi connectivity index (χ1) is 35.0. The minimum atomic E-state index is -0.961. The third kappa shape index (κ3) is 33.0. The van der Waals surface area contributed by atoms with E-state index in [4.69, 9.17) is 63.1 Å². The molecule has 416 valence electrons. The summed E-state index contributed by atoms with van der Waals surface area (Å²) in [7, 11) is 8.53. The number of carbonyl (C=O) groups excluding carboxylic acids is 4. The number of amides is 2. The van der Waals surface area contributed by atoms with E-state index in [1.807, 2.05) is 32.9 Å². The maximum absolute atomic E-state index is 12.5. The number of aliphatic hydroxyl groups excluding tert-OH is 4. The van der Waals surface area contributed by atoms with Crippen molar-refractivity contribution in [1.29, 1.82) is 0 Å². The standard InChI is InChI=1S/C28H38N4O9S2.C11H20O8.C7H16O4/c1-4-23(17-33)41-27(39-3)18-40-26(35)7-5-6-24(34)29-14-15-30-28(36)21-10-8-20(9-11-21)19(2)42-43-25-13-12-22(16-31-25)32(37)38;1-16-10(6-12)19-11(17-2)7-18-9(15)5-3-4-8(13)14;1-3-6(4-8)11-7(5-9)10-2/h8-13,16,19,23,27,33H,4-7,14-15,17-18H2,1-3H3,(H,29,34)(H,30,36);10-12H,3-7H2,1-2H3,(H,13,14);6-9H,3-5H2,1-2H3. The number of carboxylic acids is 1. The van der Waals surface area contributed by atoms with Gasteiger partial charge < -0.3 is 78.8 Å². The van der Waals surface area contributed by atoms with E-state index in [1.165, 1.54) is 51.5 Å². The smallest absolute Gasteiger partial charge is 0.305 e. The van der Waals surface area contributed by atoms with Gasteiger partial charge >= 0.3 is 17.9 Å². The molecule has 1 heterocycles. The van der Waals surface area contributed by atoms with Crippen molar-refractivity contribution in [2.45, 2.75) is 120 Å². The molecule has 0 saturated carbocycles. The van der Waals surface area contributed by atoms with Crippen molar-refractivity contribution in [3.63, 3.8) is 0 Å². The third-order valence-corrected chi connectivity index (χ3v) is 12.3. The Morgan fingerprint density at radius 2 is 1.16 bits per heavy atom. The summed E-state index contributed by atoms with van der Waals surface area (Å²) in [5.74, 6) is -2.49. The molecule has 0 aliphatic carbocycles. The van der Waals surface area contributed by atoms with Gasteiger partial charge in [-0.05, 0) is 67.2 Å². The summed E-state index contributed by atoms with van der Waals surface area (Å²) in [5.41, 5.74) is 1.43. The second-order valence-electron chi connectivity index (χ2n) is 15.0. The van der Waals surface area contributed by atoms with Crippen molar-refractivity contribution in [3.05, 3.63) is 63.8 Å². The van der Waals surface area contributed by atoms with Gasteiger partial charge in [0.1, 0.15) is 24.4 Å². The van der Waals surface area contributed by atoms with Crippen LogP contribution in [0.2, 0.25) is 0 Å². The zero-order valence-corrected chi connectivity index (χ0v) is 44.0. The molecule has 1 aromatic heterocycles. The lowest BCUT2D eigenvalue weighted by Gasteiger charge is -2.21. The van der Waals surface area contributed by atoms with Crippen LogP contribution in [0.3, 0.4) is 0 Å². The van der Waals surface area contributed by atoms with Gasteiger partial charge in [-0.1, -0.05) is 36.8 Å². The number of nitrogens with one attached hydrogen (secondary N) is 2. The topological polar surface area (TPSA) is 350 Å². The largest absolute Gasteiger partial charge is 0.481 e. The number of aliphatic hydroxyl groups is 4. The number of carboxylic acid groups (broad SMARTS) is 1. The molecule has 0 aliphatic rings. The van der Waals surface area contributed by atoms with Crippen molar-refractivity contribution < 1.29 is 97.1 Å². The Balaban J connectivity index is 0.00000141. The number of hydrogen-bond donors (Lipinski definition) is 7. The lowest BCUT2D eigenvalue weighted by Crippen LogP contribution is -2.34. The van der Waals surface area contributed by atoms with E-state index >= 15 is 0 Å². The Hall–Kier alpha value is -4.62. The third-order valence-electron chi connectivity index (χ3n) is 9.56. The van der Waals surface area contributed by atoms with E-state index in [0.29, 0.717) is 29.9 Å². The van der Waals surface area contributed by atoms with Crippen LogP contribution < -0.4 is 10.6 Å². The molecule has 27 heteroatoms. The summed E-state index contributed by atoms with van der Waals surface area (Å²) < 4.78 is 45.2. The van der Waals surface area contributed by atoms with Gasteiger partial charge in [0, 0.05) is 84.1 Å². The zero-order chi connectivity index (χ0) is 55.0. The van der Waals surface area contributed by atoms with Crippen LogP contribution in [0, 0.1) is 10.1 Å². The highest BCUT2D eigenvalue weighted by Crippen LogP contribution is 2.41. The van der Waals surface area contributed by atoms with Gasteiger partial charge in [-0.3, -0.25) is 34.1 Å². The number of benzene rings is 1. The fourth-order valence-electron chi connectivity index (χ4n) is 5.23. The summed E-state index contributed by atoms with van der Waals surface area (Å²) in [6.07, 6.45) is -0.633. The molecule has 1 aromatic carbocycles. The number of methoxy groups -OCH3 is 4. The molecular formula is C46H74N4O21S2. The van der Waals surface area contributed by atoms with Crippen molar-refractivity contribution in [3.8, 4) is 0 Å². The van der Waals surface area contributed by atoms with Crippen LogP contribution in [0.15, 0.2) is 47.6 Å². The van der Waals surface area contributed by atoms with Crippen LogP contribution in [-0.2, 0) is 61.8 Å². The molecule has 2 rings (SSSR count). The Morgan fingerprint density at radius 3 is 1.62 bits per heavy atom. The summed E-state index contributed by atoms with van der Waals surface area (Å²) in [4.78, 5) is 72.3. The van der Waals surface area contributed by atoms with Crippen molar-refractivity contribution >= 4 is 57.0 Å². The maximum Gasteiger partial charge on any atom is 0.305 e. The van der Waals surface area contributed by atoms with Gasteiger partial charge in [0.15, 0.2) is 25.2 Å². The molecular weight excluding hydrogens is 1010 g/mol. The van der Waals surface area contributed by atoms with Crippen molar-refractivity contribution in [1.82, 2.24) is 15.6 Å². The molecule has 2 aromatic rings. The Morgan fingerprint density at radius 1 is 0.671 bits per heavy atom. The second-order valence-corrected chi connectivity index (χ2v) is 17.6. The van der Waals surface area contributed by atoms with Crippen molar-refractivity contribution in [2.75, 3.05) is 81.2 Å². The number of ether oxygens (including phenoxy) is 9. The zero-order valence-electron chi connectivity index (χ0n) is 42.4.